The molecule has 1 amide bonds. The van der Waals surface area contributed by atoms with Gasteiger partial charge in [0.2, 0.25) is 0 Å². The number of halogens is 3. The first kappa shape index (κ1) is 27.3. The van der Waals surface area contributed by atoms with E-state index >= 15 is 0 Å². The van der Waals surface area contributed by atoms with Gasteiger partial charge in [0, 0.05) is 6.54 Å². The van der Waals surface area contributed by atoms with Crippen molar-refractivity contribution < 1.29 is 41.9 Å². The summed E-state index contributed by atoms with van der Waals surface area (Å²) in [5.41, 5.74) is -2.46. The molecule has 0 spiro atoms. The van der Waals surface area contributed by atoms with E-state index in [1.165, 1.54) is 12.1 Å². The lowest BCUT2D eigenvalue weighted by atomic mass is 9.77. The fourth-order valence-corrected chi connectivity index (χ4v) is 3.43. The fraction of sp³-hybridized carbons (Fsp3) is 0.360. The summed E-state index contributed by atoms with van der Waals surface area (Å²) >= 11 is 0. The standard InChI is InChI=1S/C25H27BF3NO6/c1-23(2)24(3,4)36-26(35-23)18(14-30-22(33)34-15-16-8-6-5-7-9-16)12-17-10-11-19(21(31)32)20(13-17)25(27,28)29/h5-13H,14-15H2,1-4H3,(H,30,33)(H,31,32). The normalized spacial score (nSPS) is 17.1. The molecule has 1 fully saturated rings. The molecule has 0 atom stereocenters. The molecule has 0 aliphatic carbocycles. The number of carbonyl (C=O) groups excluding carboxylic acids is 1. The number of carboxylic acid groups (broad SMARTS) is 1. The van der Waals surface area contributed by atoms with E-state index in [-0.39, 0.29) is 18.7 Å². The van der Waals surface area contributed by atoms with E-state index in [1.54, 1.807) is 24.3 Å². The minimum atomic E-state index is -4.87. The van der Waals surface area contributed by atoms with Gasteiger partial charge in [-0.2, -0.15) is 13.2 Å². The summed E-state index contributed by atoms with van der Waals surface area (Å²) in [6.07, 6.45) is -4.24. The highest BCUT2D eigenvalue weighted by atomic mass is 19.4. The number of alkyl halides is 3. The van der Waals surface area contributed by atoms with E-state index in [0.29, 0.717) is 5.47 Å². The first-order valence-electron chi connectivity index (χ1n) is 11.1. The Kier molecular flexibility index (Phi) is 7.85. The van der Waals surface area contributed by atoms with Crippen LogP contribution < -0.4 is 5.32 Å². The summed E-state index contributed by atoms with van der Waals surface area (Å²) in [5, 5.41) is 11.7. The van der Waals surface area contributed by atoms with Crippen LogP contribution in [0.5, 0.6) is 0 Å². The molecule has 1 heterocycles. The Labute approximate surface area is 207 Å². The third-order valence-corrected chi connectivity index (χ3v) is 6.14. The van der Waals surface area contributed by atoms with Crippen molar-refractivity contribution in [3.8, 4) is 0 Å². The SMILES string of the molecule is CC1(C)OB(C(=Cc2ccc(C(=O)O)c(C(F)(F)F)c2)CNC(=O)OCc2ccccc2)OC1(C)C. The van der Waals surface area contributed by atoms with Crippen LogP contribution >= 0.6 is 0 Å². The van der Waals surface area contributed by atoms with Gasteiger partial charge in [0.1, 0.15) is 6.61 Å². The zero-order valence-corrected chi connectivity index (χ0v) is 20.3. The molecular formula is C25H27BF3NO6. The second-order valence-electron chi connectivity index (χ2n) is 9.33. The summed E-state index contributed by atoms with van der Waals surface area (Å²) in [4.78, 5) is 23.6. The third kappa shape index (κ3) is 6.47. The van der Waals surface area contributed by atoms with Crippen molar-refractivity contribution in [2.24, 2.45) is 0 Å². The van der Waals surface area contributed by atoms with Gasteiger partial charge in [-0.15, -0.1) is 0 Å². The van der Waals surface area contributed by atoms with Crippen molar-refractivity contribution in [2.45, 2.75) is 51.7 Å². The van der Waals surface area contributed by atoms with Crippen LogP contribution in [0, 0.1) is 0 Å². The lowest BCUT2D eigenvalue weighted by molar-refractivity contribution is -0.138. The maximum atomic E-state index is 13.5. The highest BCUT2D eigenvalue weighted by molar-refractivity contribution is 6.56. The van der Waals surface area contributed by atoms with Crippen molar-refractivity contribution in [2.75, 3.05) is 6.54 Å². The Hall–Kier alpha value is -3.31. The molecule has 2 aromatic rings. The number of aromatic carboxylic acids is 1. The molecule has 0 unspecified atom stereocenters. The minimum Gasteiger partial charge on any atom is -0.478 e. The Bertz CT molecular complexity index is 1130. The summed E-state index contributed by atoms with van der Waals surface area (Å²) in [6, 6.07) is 11.9. The van der Waals surface area contributed by atoms with E-state index in [1.807, 2.05) is 33.8 Å². The van der Waals surface area contributed by atoms with Crippen molar-refractivity contribution in [1.82, 2.24) is 5.32 Å². The summed E-state index contributed by atoms with van der Waals surface area (Å²) in [7, 11) is -0.974. The Balaban J connectivity index is 1.87. The Morgan fingerprint density at radius 1 is 1.06 bits per heavy atom. The number of benzene rings is 2. The first-order valence-corrected chi connectivity index (χ1v) is 11.1. The largest absolute Gasteiger partial charge is 0.492 e. The molecule has 2 aromatic carbocycles. The van der Waals surface area contributed by atoms with Crippen LogP contribution in [0.2, 0.25) is 0 Å². The molecular weight excluding hydrogens is 478 g/mol. The van der Waals surface area contributed by atoms with Gasteiger partial charge in [0.15, 0.2) is 0 Å². The quantitative estimate of drug-likeness (QED) is 0.494. The number of carboxylic acids is 1. The molecule has 0 saturated carbocycles. The van der Waals surface area contributed by atoms with E-state index in [0.717, 1.165) is 17.7 Å². The van der Waals surface area contributed by atoms with Crippen molar-refractivity contribution in [3.63, 3.8) is 0 Å². The average Bonchev–Trinajstić information content (AvgIpc) is 3.01. The number of carbonyl (C=O) groups is 2. The number of ether oxygens (including phenoxy) is 1. The molecule has 1 saturated heterocycles. The maximum absolute atomic E-state index is 13.5. The maximum Gasteiger partial charge on any atom is 0.492 e. The van der Waals surface area contributed by atoms with Gasteiger partial charge < -0.3 is 24.5 Å². The molecule has 2 N–H and O–H groups in total. The zero-order chi connectivity index (χ0) is 26.7. The van der Waals surface area contributed by atoms with Crippen LogP contribution in [0.25, 0.3) is 6.08 Å². The Morgan fingerprint density at radius 3 is 2.22 bits per heavy atom. The van der Waals surface area contributed by atoms with Gasteiger partial charge in [0.05, 0.1) is 22.3 Å². The smallest absolute Gasteiger partial charge is 0.478 e. The van der Waals surface area contributed by atoms with E-state index in [9.17, 15) is 22.8 Å². The fourth-order valence-electron chi connectivity index (χ4n) is 3.43. The summed E-state index contributed by atoms with van der Waals surface area (Å²) in [6.45, 7) is 7.15. The van der Waals surface area contributed by atoms with Crippen molar-refractivity contribution in [1.29, 1.82) is 0 Å². The second kappa shape index (κ2) is 10.4. The summed E-state index contributed by atoms with van der Waals surface area (Å²) < 4.78 is 57.8. The number of hydrogen-bond acceptors (Lipinski definition) is 5. The van der Waals surface area contributed by atoms with Gasteiger partial charge in [-0.25, -0.2) is 9.59 Å². The van der Waals surface area contributed by atoms with Crippen LogP contribution in [-0.4, -0.2) is 42.0 Å². The molecule has 0 aromatic heterocycles. The minimum absolute atomic E-state index is 0.0355. The molecule has 11 heteroatoms. The summed E-state index contributed by atoms with van der Waals surface area (Å²) in [5.74, 6) is -1.69. The zero-order valence-electron chi connectivity index (χ0n) is 20.3. The van der Waals surface area contributed by atoms with Gasteiger partial charge in [0.25, 0.3) is 0 Å². The number of nitrogens with one attached hydrogen (secondary N) is 1. The second-order valence-corrected chi connectivity index (χ2v) is 9.33. The van der Waals surface area contributed by atoms with Crippen LogP contribution in [0.4, 0.5) is 18.0 Å². The average molecular weight is 505 g/mol. The molecule has 192 valence electrons. The van der Waals surface area contributed by atoms with Crippen LogP contribution in [0.3, 0.4) is 0 Å². The predicted octanol–water partition coefficient (Wildman–Crippen LogP) is 5.34. The van der Waals surface area contributed by atoms with Crippen LogP contribution in [0.1, 0.15) is 54.7 Å². The highest BCUT2D eigenvalue weighted by Gasteiger charge is 2.52. The number of amides is 1. The number of rotatable bonds is 7. The first-order chi connectivity index (χ1) is 16.7. The van der Waals surface area contributed by atoms with Gasteiger partial charge in [-0.3, -0.25) is 0 Å². The van der Waals surface area contributed by atoms with Gasteiger partial charge >= 0.3 is 25.4 Å². The molecule has 0 bridgehead atoms. The molecule has 3 rings (SSSR count). The monoisotopic (exact) mass is 505 g/mol. The van der Waals surface area contributed by atoms with E-state index in [2.05, 4.69) is 5.32 Å². The van der Waals surface area contributed by atoms with E-state index in [4.69, 9.17) is 19.2 Å². The van der Waals surface area contributed by atoms with Gasteiger partial charge in [-0.1, -0.05) is 42.5 Å². The van der Waals surface area contributed by atoms with E-state index < -0.39 is 47.7 Å². The van der Waals surface area contributed by atoms with Crippen molar-refractivity contribution >= 4 is 25.3 Å². The predicted molar refractivity (Wildman–Crippen MR) is 127 cm³/mol. The lowest BCUT2D eigenvalue weighted by Crippen LogP contribution is -2.41. The van der Waals surface area contributed by atoms with Crippen LogP contribution in [0.15, 0.2) is 54.0 Å². The number of alkyl carbamates (subject to hydrolysis) is 1. The van der Waals surface area contributed by atoms with Crippen LogP contribution in [-0.2, 0) is 26.8 Å². The molecule has 0 radical (unpaired) electrons. The lowest BCUT2D eigenvalue weighted by Gasteiger charge is -2.32. The molecule has 1 aliphatic rings. The molecule has 36 heavy (non-hydrogen) atoms. The molecule has 7 nitrogen and oxygen atoms in total. The van der Waals surface area contributed by atoms with Crippen molar-refractivity contribution in [3.05, 3.63) is 76.3 Å². The topological polar surface area (TPSA) is 94.1 Å². The Morgan fingerprint density at radius 2 is 1.67 bits per heavy atom. The van der Waals surface area contributed by atoms with Gasteiger partial charge in [-0.05, 0) is 56.4 Å². The molecule has 1 aliphatic heterocycles. The third-order valence-electron chi connectivity index (χ3n) is 6.14. The number of hydrogen-bond donors (Lipinski definition) is 2. The highest BCUT2D eigenvalue weighted by Crippen LogP contribution is 2.39.